The lowest BCUT2D eigenvalue weighted by Crippen LogP contribution is -2.50. The molecule has 2 aromatic rings. The summed E-state index contributed by atoms with van der Waals surface area (Å²) in [7, 11) is 0. The van der Waals surface area contributed by atoms with Gasteiger partial charge in [-0.3, -0.25) is 0 Å². The quantitative estimate of drug-likeness (QED) is 0.857. The molecule has 3 atom stereocenters. The average molecular weight is 346 g/mol. The van der Waals surface area contributed by atoms with Crippen LogP contribution >= 0.6 is 11.6 Å². The fourth-order valence-electron chi connectivity index (χ4n) is 3.16. The van der Waals surface area contributed by atoms with Gasteiger partial charge in [-0.25, -0.2) is 0 Å². The van der Waals surface area contributed by atoms with E-state index in [1.54, 1.807) is 6.07 Å². The number of benzene rings is 2. The normalized spacial score (nSPS) is 23.9. The van der Waals surface area contributed by atoms with Gasteiger partial charge in [0.1, 0.15) is 18.0 Å². The largest absolute Gasteiger partial charge is 0.488 e. The molecule has 0 aliphatic heterocycles. The van der Waals surface area contributed by atoms with Gasteiger partial charge in [-0.2, -0.15) is 0 Å². The maximum Gasteiger partial charge on any atom is 0.126 e. The van der Waals surface area contributed by atoms with E-state index >= 15 is 0 Å². The molecule has 0 unspecified atom stereocenters. The van der Waals surface area contributed by atoms with E-state index in [0.717, 1.165) is 25.8 Å². The van der Waals surface area contributed by atoms with Crippen molar-refractivity contribution in [3.63, 3.8) is 0 Å². The Morgan fingerprint density at radius 1 is 1.17 bits per heavy atom. The predicted molar refractivity (Wildman–Crippen MR) is 97.5 cm³/mol. The summed E-state index contributed by atoms with van der Waals surface area (Å²) < 4.78 is 5.97. The number of aryl methyl sites for hydroxylation is 1. The van der Waals surface area contributed by atoms with Crippen LogP contribution in [-0.4, -0.2) is 23.4 Å². The molecule has 1 fully saturated rings. The van der Waals surface area contributed by atoms with Gasteiger partial charge < -0.3 is 15.2 Å². The number of ether oxygens (including phenoxy) is 1. The predicted octanol–water partition coefficient (Wildman–Crippen LogP) is 4.10. The SMILES string of the molecule is Cc1ccc(CN[C@H]2CCC[C@@H](Oc3cccc(Cl)c3)[C@@H]2O)cc1. The Morgan fingerprint density at radius 3 is 2.71 bits per heavy atom. The molecule has 4 heteroatoms. The second-order valence-corrected chi connectivity index (χ2v) is 6.94. The molecule has 0 heterocycles. The van der Waals surface area contributed by atoms with Crippen molar-refractivity contribution in [2.45, 2.75) is 51.0 Å². The van der Waals surface area contributed by atoms with Crippen molar-refractivity contribution in [1.29, 1.82) is 0 Å². The number of aliphatic hydroxyl groups excluding tert-OH is 1. The first-order valence-corrected chi connectivity index (χ1v) is 8.89. The molecule has 0 amide bonds. The molecule has 1 aliphatic carbocycles. The lowest BCUT2D eigenvalue weighted by atomic mass is 9.89. The molecule has 0 spiro atoms. The van der Waals surface area contributed by atoms with E-state index in [4.69, 9.17) is 16.3 Å². The minimum Gasteiger partial charge on any atom is -0.488 e. The Kier molecular flexibility index (Phi) is 5.77. The minimum absolute atomic E-state index is 0.0456. The average Bonchev–Trinajstić information content (AvgIpc) is 2.57. The highest BCUT2D eigenvalue weighted by atomic mass is 35.5. The molecule has 24 heavy (non-hydrogen) atoms. The molecule has 128 valence electrons. The highest BCUT2D eigenvalue weighted by Gasteiger charge is 2.33. The summed E-state index contributed by atoms with van der Waals surface area (Å²) in [5.41, 5.74) is 2.48. The molecule has 2 N–H and O–H groups in total. The first-order valence-electron chi connectivity index (χ1n) is 8.51. The third-order valence-corrected chi connectivity index (χ3v) is 4.80. The standard InChI is InChI=1S/C20H24ClNO2/c1-14-8-10-15(11-9-14)13-22-18-6-3-7-19(20(18)23)24-17-5-2-4-16(21)12-17/h2,4-5,8-12,18-20,22-23H,3,6-7,13H2,1H3/t18-,19+,20+/m0/s1. The van der Waals surface area contributed by atoms with Crippen molar-refractivity contribution in [3.8, 4) is 5.75 Å². The van der Waals surface area contributed by atoms with E-state index in [1.807, 2.05) is 18.2 Å². The third kappa shape index (κ3) is 4.50. The third-order valence-electron chi connectivity index (χ3n) is 4.57. The lowest BCUT2D eigenvalue weighted by molar-refractivity contribution is -0.0157. The van der Waals surface area contributed by atoms with Gasteiger partial charge in [-0.1, -0.05) is 47.5 Å². The number of rotatable bonds is 5. The Labute approximate surface area is 148 Å². The summed E-state index contributed by atoms with van der Waals surface area (Å²) >= 11 is 6.00. The maximum absolute atomic E-state index is 10.7. The van der Waals surface area contributed by atoms with Crippen molar-refractivity contribution in [1.82, 2.24) is 5.32 Å². The van der Waals surface area contributed by atoms with Crippen LogP contribution in [0, 0.1) is 6.92 Å². The molecule has 0 radical (unpaired) electrons. The van der Waals surface area contributed by atoms with Gasteiger partial charge in [0.2, 0.25) is 0 Å². The Balaban J connectivity index is 1.58. The van der Waals surface area contributed by atoms with E-state index in [9.17, 15) is 5.11 Å². The molecule has 3 rings (SSSR count). The van der Waals surface area contributed by atoms with Gasteiger partial charge >= 0.3 is 0 Å². The Hall–Kier alpha value is -1.55. The highest BCUT2D eigenvalue weighted by molar-refractivity contribution is 6.30. The fourth-order valence-corrected chi connectivity index (χ4v) is 3.34. The molecular formula is C20H24ClNO2. The smallest absolute Gasteiger partial charge is 0.126 e. The summed E-state index contributed by atoms with van der Waals surface area (Å²) in [6.07, 6.45) is 2.13. The van der Waals surface area contributed by atoms with Crippen LogP contribution in [-0.2, 0) is 6.54 Å². The minimum atomic E-state index is -0.525. The van der Waals surface area contributed by atoms with Crippen LogP contribution in [0.4, 0.5) is 0 Å². The van der Waals surface area contributed by atoms with Gasteiger partial charge in [-0.15, -0.1) is 0 Å². The van der Waals surface area contributed by atoms with Gasteiger partial charge in [0.15, 0.2) is 0 Å². The van der Waals surface area contributed by atoms with Gasteiger partial charge in [-0.05, 0) is 49.9 Å². The summed E-state index contributed by atoms with van der Waals surface area (Å²) in [5.74, 6) is 0.714. The van der Waals surface area contributed by atoms with E-state index < -0.39 is 6.10 Å². The van der Waals surface area contributed by atoms with Crippen molar-refractivity contribution < 1.29 is 9.84 Å². The zero-order valence-electron chi connectivity index (χ0n) is 13.9. The zero-order valence-corrected chi connectivity index (χ0v) is 14.7. The number of halogens is 1. The van der Waals surface area contributed by atoms with Crippen LogP contribution in [0.5, 0.6) is 5.75 Å². The molecule has 0 aromatic heterocycles. The van der Waals surface area contributed by atoms with Crippen LogP contribution in [0.15, 0.2) is 48.5 Å². The summed E-state index contributed by atoms with van der Waals surface area (Å²) in [4.78, 5) is 0. The molecule has 3 nitrogen and oxygen atoms in total. The van der Waals surface area contributed by atoms with Crippen LogP contribution in [0.3, 0.4) is 0 Å². The van der Waals surface area contributed by atoms with Crippen molar-refractivity contribution >= 4 is 11.6 Å². The van der Waals surface area contributed by atoms with Crippen LogP contribution < -0.4 is 10.1 Å². The Morgan fingerprint density at radius 2 is 1.96 bits per heavy atom. The van der Waals surface area contributed by atoms with Crippen LogP contribution in [0.1, 0.15) is 30.4 Å². The van der Waals surface area contributed by atoms with Gasteiger partial charge in [0.05, 0.1) is 0 Å². The summed E-state index contributed by atoms with van der Waals surface area (Å²) in [5, 5.41) is 14.8. The van der Waals surface area contributed by atoms with E-state index in [-0.39, 0.29) is 12.1 Å². The molecule has 0 bridgehead atoms. The van der Waals surface area contributed by atoms with Crippen molar-refractivity contribution in [3.05, 3.63) is 64.7 Å². The topological polar surface area (TPSA) is 41.5 Å². The van der Waals surface area contributed by atoms with E-state index in [2.05, 4.69) is 36.5 Å². The maximum atomic E-state index is 10.7. The first-order chi connectivity index (χ1) is 11.6. The second kappa shape index (κ2) is 8.02. The van der Waals surface area contributed by atoms with E-state index in [1.165, 1.54) is 11.1 Å². The number of hydrogen-bond acceptors (Lipinski definition) is 3. The zero-order chi connectivity index (χ0) is 16.9. The lowest BCUT2D eigenvalue weighted by Gasteiger charge is -2.35. The van der Waals surface area contributed by atoms with Crippen molar-refractivity contribution in [2.24, 2.45) is 0 Å². The summed E-state index contributed by atoms with van der Waals surface area (Å²) in [6.45, 7) is 2.84. The molecule has 0 saturated heterocycles. The number of nitrogens with one attached hydrogen (secondary N) is 1. The second-order valence-electron chi connectivity index (χ2n) is 6.51. The number of aliphatic hydroxyl groups is 1. The van der Waals surface area contributed by atoms with E-state index in [0.29, 0.717) is 10.8 Å². The molecule has 2 aromatic carbocycles. The molecular weight excluding hydrogens is 322 g/mol. The van der Waals surface area contributed by atoms with Gasteiger partial charge in [0, 0.05) is 17.6 Å². The highest BCUT2D eigenvalue weighted by Crippen LogP contribution is 2.26. The number of hydrogen-bond donors (Lipinski definition) is 2. The van der Waals surface area contributed by atoms with Crippen LogP contribution in [0.2, 0.25) is 5.02 Å². The summed E-state index contributed by atoms with van der Waals surface area (Å²) in [6, 6.07) is 15.9. The molecule has 1 saturated carbocycles. The Bertz CT molecular complexity index is 659. The van der Waals surface area contributed by atoms with Gasteiger partial charge in [0.25, 0.3) is 0 Å². The fraction of sp³-hybridized carbons (Fsp3) is 0.400. The monoisotopic (exact) mass is 345 g/mol. The molecule has 1 aliphatic rings. The first kappa shape index (κ1) is 17.3. The van der Waals surface area contributed by atoms with Crippen LogP contribution in [0.25, 0.3) is 0 Å². The van der Waals surface area contributed by atoms with Crippen molar-refractivity contribution in [2.75, 3.05) is 0 Å².